The van der Waals surface area contributed by atoms with Crippen molar-refractivity contribution in [3.05, 3.63) is 94.5 Å². The lowest BCUT2D eigenvalue weighted by atomic mass is 10.2. The van der Waals surface area contributed by atoms with Gasteiger partial charge < -0.3 is 34.5 Å². The van der Waals surface area contributed by atoms with E-state index in [0.717, 1.165) is 15.6 Å². The molecular weight excluding hydrogens is 613 g/mol. The van der Waals surface area contributed by atoms with Crippen LogP contribution in [0.3, 0.4) is 0 Å². The number of esters is 1. The normalized spacial score (nSPS) is 11.8. The van der Waals surface area contributed by atoms with E-state index in [-0.39, 0.29) is 39.3 Å². The van der Waals surface area contributed by atoms with Gasteiger partial charge in [0.05, 0.1) is 24.6 Å². The summed E-state index contributed by atoms with van der Waals surface area (Å²) in [6, 6.07) is 22.7. The van der Waals surface area contributed by atoms with Gasteiger partial charge in [-0.05, 0) is 43.2 Å². The van der Waals surface area contributed by atoms with Crippen LogP contribution >= 0.6 is 23.5 Å². The van der Waals surface area contributed by atoms with Gasteiger partial charge in [0.15, 0.2) is 0 Å². The highest BCUT2D eigenvalue weighted by Crippen LogP contribution is 2.48. The molecule has 3 N–H and O–H groups in total. The Kier molecular flexibility index (Phi) is 13.2. The van der Waals surface area contributed by atoms with E-state index in [2.05, 4.69) is 31.9 Å². The first kappa shape index (κ1) is 32.1. The molecular formula is C29H35BrN3O7P. The van der Waals surface area contributed by atoms with Gasteiger partial charge in [-0.2, -0.15) is 0 Å². The Morgan fingerprint density at radius 3 is 1.98 bits per heavy atom. The summed E-state index contributed by atoms with van der Waals surface area (Å²) in [6.45, 7) is 4.04. The highest BCUT2D eigenvalue weighted by atomic mass is 79.9. The van der Waals surface area contributed by atoms with Crippen LogP contribution in [0.15, 0.2) is 83.3 Å². The maximum absolute atomic E-state index is 13.1. The average Bonchev–Trinajstić information content (AvgIpc) is 2.98. The monoisotopic (exact) mass is 647 g/mol. The first-order valence-electron chi connectivity index (χ1n) is 13.1. The summed E-state index contributed by atoms with van der Waals surface area (Å²) in [7, 11) is -3.36. The molecule has 0 spiro atoms. The van der Waals surface area contributed by atoms with Crippen molar-refractivity contribution in [3.63, 3.8) is 0 Å². The molecule has 10 nitrogen and oxygen atoms in total. The molecule has 0 aliphatic heterocycles. The highest BCUT2D eigenvalue weighted by Gasteiger charge is 2.25. The highest BCUT2D eigenvalue weighted by molar-refractivity contribution is 9.10. The SMILES string of the molecule is CCOP(=O)(CNc1ccc(Br)cc1NC[C@@H](NC(=O)OCc1ccccc1)C(=O)OCc1ccccc1)OCC. The van der Waals surface area contributed by atoms with E-state index in [0.29, 0.717) is 11.4 Å². The van der Waals surface area contributed by atoms with Crippen LogP contribution in [0, 0.1) is 0 Å². The molecule has 0 saturated heterocycles. The lowest BCUT2D eigenvalue weighted by molar-refractivity contribution is -0.147. The summed E-state index contributed by atoms with van der Waals surface area (Å²) >= 11 is 3.45. The maximum atomic E-state index is 13.1. The predicted octanol–water partition coefficient (Wildman–Crippen LogP) is 6.53. The number of amides is 1. The smallest absolute Gasteiger partial charge is 0.408 e. The molecule has 0 aliphatic rings. The van der Waals surface area contributed by atoms with Crippen molar-refractivity contribution in [1.29, 1.82) is 0 Å². The second-order valence-corrected chi connectivity index (χ2v) is 11.7. The van der Waals surface area contributed by atoms with Crippen molar-refractivity contribution in [2.75, 3.05) is 36.7 Å². The van der Waals surface area contributed by atoms with Crippen molar-refractivity contribution >= 4 is 47.0 Å². The largest absolute Gasteiger partial charge is 0.459 e. The number of anilines is 2. The second-order valence-electron chi connectivity index (χ2n) is 8.70. The summed E-state index contributed by atoms with van der Waals surface area (Å²) in [4.78, 5) is 25.7. The molecule has 0 unspecified atom stereocenters. The van der Waals surface area contributed by atoms with E-state index in [1.165, 1.54) is 0 Å². The van der Waals surface area contributed by atoms with Crippen molar-refractivity contribution in [3.8, 4) is 0 Å². The fourth-order valence-corrected chi connectivity index (χ4v) is 5.43. The topological polar surface area (TPSA) is 124 Å². The number of alkyl carbamates (subject to hydrolysis) is 1. The molecule has 3 aromatic carbocycles. The summed E-state index contributed by atoms with van der Waals surface area (Å²) in [5, 5.41) is 8.89. The van der Waals surface area contributed by atoms with Gasteiger partial charge in [-0.25, -0.2) is 9.59 Å². The number of benzene rings is 3. The molecule has 220 valence electrons. The standard InChI is InChI=1S/C29H35BrN3O7P/c1-3-39-41(36,40-4-2)21-32-25-16-15-24(30)17-26(25)31-18-27(28(34)37-19-22-11-7-5-8-12-22)33-29(35)38-20-23-13-9-6-10-14-23/h5-17,27,31-32H,3-4,18-21H2,1-2H3,(H,33,35)/t27-/m1/s1. The van der Waals surface area contributed by atoms with Crippen molar-refractivity contribution in [2.24, 2.45) is 0 Å². The number of carbonyl (C=O) groups is 2. The first-order valence-corrected chi connectivity index (χ1v) is 15.7. The third-order valence-electron chi connectivity index (χ3n) is 5.61. The molecule has 0 aromatic heterocycles. The second kappa shape index (κ2) is 16.8. The summed E-state index contributed by atoms with van der Waals surface area (Å²) in [5.74, 6) is -0.639. The number of nitrogens with one attached hydrogen (secondary N) is 3. The van der Waals surface area contributed by atoms with E-state index in [9.17, 15) is 14.2 Å². The minimum absolute atomic E-state index is 0.0201. The number of rotatable bonds is 16. The lowest BCUT2D eigenvalue weighted by Gasteiger charge is -2.22. The number of carbonyl (C=O) groups excluding carboxylic acids is 2. The molecule has 0 fully saturated rings. The minimum Gasteiger partial charge on any atom is -0.459 e. The Hall–Kier alpha value is -3.37. The molecule has 0 heterocycles. The van der Waals surface area contributed by atoms with E-state index < -0.39 is 25.7 Å². The molecule has 12 heteroatoms. The maximum Gasteiger partial charge on any atom is 0.408 e. The van der Waals surface area contributed by atoms with Gasteiger partial charge in [0.1, 0.15) is 25.5 Å². The zero-order valence-corrected chi connectivity index (χ0v) is 25.5. The number of hydrogen-bond donors (Lipinski definition) is 3. The van der Waals surface area contributed by atoms with Crippen LogP contribution in [0.1, 0.15) is 25.0 Å². The van der Waals surface area contributed by atoms with Crippen LogP contribution in [0.25, 0.3) is 0 Å². The fourth-order valence-electron chi connectivity index (χ4n) is 3.66. The third-order valence-corrected chi connectivity index (χ3v) is 7.95. The van der Waals surface area contributed by atoms with Gasteiger partial charge in [0, 0.05) is 11.0 Å². The van der Waals surface area contributed by atoms with E-state index in [1.807, 2.05) is 66.7 Å². The van der Waals surface area contributed by atoms with Gasteiger partial charge in [-0.3, -0.25) is 4.57 Å². The number of ether oxygens (including phenoxy) is 2. The quantitative estimate of drug-likeness (QED) is 0.117. The molecule has 0 saturated carbocycles. The molecule has 3 aromatic rings. The zero-order valence-electron chi connectivity index (χ0n) is 23.0. The van der Waals surface area contributed by atoms with Gasteiger partial charge in [-0.15, -0.1) is 0 Å². The Balaban J connectivity index is 1.70. The number of halogens is 1. The summed E-state index contributed by atoms with van der Waals surface area (Å²) in [5.41, 5.74) is 2.80. The third kappa shape index (κ3) is 11.2. The first-order chi connectivity index (χ1) is 19.8. The molecule has 0 bridgehead atoms. The average molecular weight is 648 g/mol. The summed E-state index contributed by atoms with van der Waals surface area (Å²) in [6.07, 6.45) is -0.822. The predicted molar refractivity (Wildman–Crippen MR) is 162 cm³/mol. The van der Waals surface area contributed by atoms with Crippen LogP contribution < -0.4 is 16.0 Å². The van der Waals surface area contributed by atoms with Crippen LogP contribution in [0.4, 0.5) is 16.2 Å². The van der Waals surface area contributed by atoms with Crippen LogP contribution in [-0.4, -0.2) is 44.1 Å². The Morgan fingerprint density at radius 1 is 0.805 bits per heavy atom. The van der Waals surface area contributed by atoms with Crippen LogP contribution in [0.2, 0.25) is 0 Å². The molecule has 3 rings (SSSR count). The minimum atomic E-state index is -3.36. The molecule has 1 amide bonds. The van der Waals surface area contributed by atoms with E-state index in [4.69, 9.17) is 18.5 Å². The number of hydrogen-bond acceptors (Lipinski definition) is 9. The molecule has 0 radical (unpaired) electrons. The van der Waals surface area contributed by atoms with E-state index in [1.54, 1.807) is 26.0 Å². The molecule has 41 heavy (non-hydrogen) atoms. The van der Waals surface area contributed by atoms with Gasteiger partial charge in [-0.1, -0.05) is 76.6 Å². The lowest BCUT2D eigenvalue weighted by Crippen LogP contribution is -2.46. The molecule has 0 aliphatic carbocycles. The summed E-state index contributed by atoms with van der Waals surface area (Å²) < 4.78 is 35.3. The van der Waals surface area contributed by atoms with E-state index >= 15 is 0 Å². The van der Waals surface area contributed by atoms with Crippen molar-refractivity contribution < 1.29 is 32.7 Å². The zero-order chi connectivity index (χ0) is 29.5. The fraction of sp³-hybridized carbons (Fsp3) is 0.310. The Morgan fingerprint density at radius 2 is 1.39 bits per heavy atom. The van der Waals surface area contributed by atoms with Gasteiger partial charge >= 0.3 is 19.7 Å². The van der Waals surface area contributed by atoms with Crippen molar-refractivity contribution in [1.82, 2.24) is 5.32 Å². The van der Waals surface area contributed by atoms with Gasteiger partial charge in [0.2, 0.25) is 0 Å². The van der Waals surface area contributed by atoms with Crippen LogP contribution in [0.5, 0.6) is 0 Å². The Bertz CT molecular complexity index is 1290. The van der Waals surface area contributed by atoms with Crippen molar-refractivity contribution in [2.45, 2.75) is 33.1 Å². The molecule has 1 atom stereocenters. The van der Waals surface area contributed by atoms with Crippen LogP contribution in [-0.2, 0) is 41.1 Å². The Labute approximate surface area is 248 Å². The van der Waals surface area contributed by atoms with Gasteiger partial charge in [0.25, 0.3) is 0 Å².